The molecule has 0 bridgehead atoms. The highest BCUT2D eigenvalue weighted by Crippen LogP contribution is 2.32. The number of hydrogen-bond donors (Lipinski definition) is 0. The second kappa shape index (κ2) is 7.84. The molecule has 0 aliphatic rings. The third-order valence-electron chi connectivity index (χ3n) is 2.85. The first kappa shape index (κ1) is 16.6. The van der Waals surface area contributed by atoms with Gasteiger partial charge in [-0.3, -0.25) is 14.4 Å². The van der Waals surface area contributed by atoms with Crippen molar-refractivity contribution < 1.29 is 23.9 Å². The Morgan fingerprint density at radius 3 is 2.06 bits per heavy atom. The van der Waals surface area contributed by atoms with Gasteiger partial charge in [-0.15, -0.1) is 0 Å². The minimum absolute atomic E-state index is 0.195. The molecule has 1 atom stereocenters. The van der Waals surface area contributed by atoms with Gasteiger partial charge in [-0.2, -0.15) is 0 Å². The Kier molecular flexibility index (Phi) is 7.24. The van der Waals surface area contributed by atoms with Crippen LogP contribution in [0, 0.1) is 5.41 Å². The summed E-state index contributed by atoms with van der Waals surface area (Å²) in [6, 6.07) is 0. The highest BCUT2D eigenvalue weighted by molar-refractivity contribution is 6.03. The molecule has 0 saturated carbocycles. The second-order valence-electron chi connectivity index (χ2n) is 4.14. The van der Waals surface area contributed by atoms with E-state index in [1.165, 1.54) is 0 Å². The van der Waals surface area contributed by atoms with Crippen molar-refractivity contribution in [1.82, 2.24) is 0 Å². The van der Waals surface area contributed by atoms with Crippen molar-refractivity contribution in [3.63, 3.8) is 0 Å². The predicted molar refractivity (Wildman–Crippen MR) is 65.7 cm³/mol. The molecule has 18 heavy (non-hydrogen) atoms. The Morgan fingerprint density at radius 2 is 1.67 bits per heavy atom. The summed E-state index contributed by atoms with van der Waals surface area (Å²) >= 11 is 0. The monoisotopic (exact) mass is 258 g/mol. The van der Waals surface area contributed by atoms with Gasteiger partial charge in [0.05, 0.1) is 6.61 Å². The fourth-order valence-electron chi connectivity index (χ4n) is 1.73. The molecule has 0 aromatic carbocycles. The zero-order chi connectivity index (χ0) is 14.2. The average Bonchev–Trinajstić information content (AvgIpc) is 2.30. The van der Waals surface area contributed by atoms with E-state index in [1.54, 1.807) is 13.8 Å². The fraction of sp³-hybridized carbons (Fsp3) is 0.769. The van der Waals surface area contributed by atoms with Gasteiger partial charge in [0.25, 0.3) is 0 Å². The summed E-state index contributed by atoms with van der Waals surface area (Å²) < 4.78 is 9.54. The molecule has 0 aliphatic heterocycles. The van der Waals surface area contributed by atoms with Gasteiger partial charge in [0.15, 0.2) is 5.41 Å². The number of unbranched alkanes of at least 4 members (excludes halogenated alkanes) is 1. The normalized spacial score (nSPS) is 13.6. The van der Waals surface area contributed by atoms with E-state index in [2.05, 4.69) is 4.74 Å². The molecule has 0 heterocycles. The third kappa shape index (κ3) is 4.13. The molecule has 5 nitrogen and oxygen atoms in total. The largest absolute Gasteiger partial charge is 0.465 e. The van der Waals surface area contributed by atoms with Crippen molar-refractivity contribution >= 4 is 17.9 Å². The van der Waals surface area contributed by atoms with Gasteiger partial charge in [0.2, 0.25) is 0 Å². The molecular formula is C13H22O5. The van der Waals surface area contributed by atoms with Gasteiger partial charge in [-0.05, 0) is 19.8 Å². The minimum Gasteiger partial charge on any atom is -0.465 e. The molecule has 0 spiro atoms. The number of carbonyl (C=O) groups excluding carboxylic acids is 3. The molecule has 0 N–H and O–H groups in total. The van der Waals surface area contributed by atoms with Crippen molar-refractivity contribution in [3.05, 3.63) is 0 Å². The maximum Gasteiger partial charge on any atom is 0.331 e. The summed E-state index contributed by atoms with van der Waals surface area (Å²) in [5.74, 6) is -2.12. The number of carbonyl (C=O) groups is 3. The van der Waals surface area contributed by atoms with Crippen LogP contribution in [0.25, 0.3) is 0 Å². The topological polar surface area (TPSA) is 69.7 Å². The first-order valence-corrected chi connectivity index (χ1v) is 6.34. The van der Waals surface area contributed by atoms with Gasteiger partial charge in [0, 0.05) is 6.92 Å². The van der Waals surface area contributed by atoms with E-state index in [0.717, 1.165) is 13.3 Å². The first-order chi connectivity index (χ1) is 8.44. The lowest BCUT2D eigenvalue weighted by atomic mass is 9.80. The van der Waals surface area contributed by atoms with Crippen LogP contribution in [0.5, 0.6) is 0 Å². The van der Waals surface area contributed by atoms with E-state index in [4.69, 9.17) is 4.74 Å². The molecule has 104 valence electrons. The summed E-state index contributed by atoms with van der Waals surface area (Å²) in [5.41, 5.74) is -1.35. The highest BCUT2D eigenvalue weighted by atomic mass is 16.6. The Bertz CT molecular complexity index is 311. The molecule has 0 radical (unpaired) electrons. The second-order valence-corrected chi connectivity index (χ2v) is 4.14. The van der Waals surface area contributed by atoms with Crippen LogP contribution in [0.1, 0.15) is 53.4 Å². The average molecular weight is 258 g/mol. The number of hydrogen-bond acceptors (Lipinski definition) is 5. The molecule has 0 amide bonds. The van der Waals surface area contributed by atoms with E-state index in [1.807, 2.05) is 6.92 Å². The number of esters is 3. The Morgan fingerprint density at radius 1 is 1.06 bits per heavy atom. The number of ether oxygens (including phenoxy) is 2. The molecule has 0 fully saturated rings. The van der Waals surface area contributed by atoms with Crippen LogP contribution >= 0.6 is 0 Å². The van der Waals surface area contributed by atoms with Crippen LogP contribution in [0.15, 0.2) is 0 Å². The van der Waals surface area contributed by atoms with Gasteiger partial charge in [-0.1, -0.05) is 26.7 Å². The summed E-state index contributed by atoms with van der Waals surface area (Å²) in [6.07, 6.45) is 2.14. The van der Waals surface area contributed by atoms with E-state index < -0.39 is 23.3 Å². The molecule has 0 rings (SSSR count). The standard InChI is InChI=1S/C13H22O5/c1-5-8-9-13(6-2,11(15)17-7-3)12(16)18-10(4)14/h5-9H2,1-4H3. The summed E-state index contributed by atoms with van der Waals surface area (Å²) in [5, 5.41) is 0. The van der Waals surface area contributed by atoms with Crippen molar-refractivity contribution in [1.29, 1.82) is 0 Å². The van der Waals surface area contributed by atoms with Gasteiger partial charge < -0.3 is 9.47 Å². The van der Waals surface area contributed by atoms with E-state index >= 15 is 0 Å². The van der Waals surface area contributed by atoms with Crippen LogP contribution in [-0.4, -0.2) is 24.5 Å². The Balaban J connectivity index is 5.13. The van der Waals surface area contributed by atoms with Crippen LogP contribution in [0.3, 0.4) is 0 Å². The minimum atomic E-state index is -1.35. The maximum atomic E-state index is 12.0. The fourth-order valence-corrected chi connectivity index (χ4v) is 1.73. The molecule has 0 aliphatic carbocycles. The first-order valence-electron chi connectivity index (χ1n) is 6.34. The summed E-state index contributed by atoms with van der Waals surface area (Å²) in [4.78, 5) is 34.9. The lowest BCUT2D eigenvalue weighted by Gasteiger charge is -2.27. The molecule has 5 heteroatoms. The van der Waals surface area contributed by atoms with Crippen molar-refractivity contribution in [2.45, 2.75) is 53.4 Å². The Labute approximate surface area is 108 Å². The lowest BCUT2D eigenvalue weighted by molar-refractivity contribution is -0.176. The van der Waals surface area contributed by atoms with Crippen molar-refractivity contribution in [2.24, 2.45) is 5.41 Å². The van der Waals surface area contributed by atoms with Crippen LogP contribution in [0.4, 0.5) is 0 Å². The molecule has 1 unspecified atom stereocenters. The molecule has 0 aromatic heterocycles. The van der Waals surface area contributed by atoms with E-state index in [-0.39, 0.29) is 13.0 Å². The zero-order valence-electron chi connectivity index (χ0n) is 11.6. The number of rotatable bonds is 7. The SMILES string of the molecule is CCCCC(CC)(C(=O)OCC)C(=O)OC(C)=O. The van der Waals surface area contributed by atoms with Crippen LogP contribution < -0.4 is 0 Å². The van der Waals surface area contributed by atoms with Crippen molar-refractivity contribution in [3.8, 4) is 0 Å². The Hall–Kier alpha value is -1.39. The van der Waals surface area contributed by atoms with E-state index in [0.29, 0.717) is 12.8 Å². The highest BCUT2D eigenvalue weighted by Gasteiger charge is 2.47. The van der Waals surface area contributed by atoms with Gasteiger partial charge in [-0.25, -0.2) is 0 Å². The van der Waals surface area contributed by atoms with Gasteiger partial charge >= 0.3 is 17.9 Å². The van der Waals surface area contributed by atoms with E-state index in [9.17, 15) is 14.4 Å². The summed E-state index contributed by atoms with van der Waals surface area (Å²) in [7, 11) is 0. The molecule has 0 aromatic rings. The predicted octanol–water partition coefficient (Wildman–Crippen LogP) is 2.23. The van der Waals surface area contributed by atoms with Gasteiger partial charge in [0.1, 0.15) is 0 Å². The molecule has 0 saturated heterocycles. The zero-order valence-corrected chi connectivity index (χ0v) is 11.6. The summed E-state index contributed by atoms with van der Waals surface area (Å²) in [6.45, 7) is 6.69. The third-order valence-corrected chi connectivity index (χ3v) is 2.85. The molecular weight excluding hydrogens is 236 g/mol. The maximum absolute atomic E-state index is 12.0. The quantitative estimate of drug-likeness (QED) is 0.517. The van der Waals surface area contributed by atoms with Crippen LogP contribution in [0.2, 0.25) is 0 Å². The smallest absolute Gasteiger partial charge is 0.331 e. The lowest BCUT2D eigenvalue weighted by Crippen LogP contribution is -2.42. The van der Waals surface area contributed by atoms with Crippen molar-refractivity contribution in [2.75, 3.05) is 6.61 Å². The van der Waals surface area contributed by atoms with Crippen LogP contribution in [-0.2, 0) is 23.9 Å².